The molecule has 0 bridgehead atoms. The fourth-order valence-electron chi connectivity index (χ4n) is 2.38. The quantitative estimate of drug-likeness (QED) is 0.253. The van der Waals surface area contributed by atoms with Crippen molar-refractivity contribution in [3.8, 4) is 0 Å². The molecule has 7 nitrogen and oxygen atoms in total. The van der Waals surface area contributed by atoms with Gasteiger partial charge in [-0.2, -0.15) is 0 Å². The highest BCUT2D eigenvalue weighted by atomic mass is 127. The molecule has 0 aliphatic rings. The van der Waals surface area contributed by atoms with E-state index in [9.17, 15) is 8.42 Å². The summed E-state index contributed by atoms with van der Waals surface area (Å²) in [5.41, 5.74) is 2.88. The van der Waals surface area contributed by atoms with E-state index in [1.807, 2.05) is 31.2 Å². The van der Waals surface area contributed by atoms with Gasteiger partial charge in [-0.05, 0) is 31.0 Å². The molecule has 2 aromatic rings. The largest absolute Gasteiger partial charge is 0.357 e. The first-order chi connectivity index (χ1) is 13.3. The molecule has 0 saturated heterocycles. The second-order valence-electron chi connectivity index (χ2n) is 6.65. The van der Waals surface area contributed by atoms with Crippen LogP contribution in [0, 0.1) is 0 Å². The van der Waals surface area contributed by atoms with Crippen LogP contribution in [0.2, 0.25) is 0 Å². The highest BCUT2D eigenvalue weighted by Gasteiger charge is 2.09. The lowest BCUT2D eigenvalue weighted by atomic mass is 10.1. The molecule has 1 heterocycles. The summed E-state index contributed by atoms with van der Waals surface area (Å²) in [7, 11) is -1.84. The third-order valence-corrected chi connectivity index (χ3v) is 6.23. The number of aliphatic imine (C=N–C) groups is 1. The van der Waals surface area contributed by atoms with Crippen LogP contribution in [0.5, 0.6) is 0 Å². The third-order valence-electron chi connectivity index (χ3n) is 4.02. The monoisotopic (exact) mass is 551 g/mol. The Hall–Kier alpha value is -1.24. The minimum atomic E-state index is -3.26. The molecule has 1 aromatic carbocycles. The Morgan fingerprint density at radius 3 is 2.38 bits per heavy atom. The maximum atomic E-state index is 11.6. The summed E-state index contributed by atoms with van der Waals surface area (Å²) in [5, 5.41) is 9.67. The first kappa shape index (κ1) is 25.8. The molecule has 10 heteroatoms. The summed E-state index contributed by atoms with van der Waals surface area (Å²) in [5.74, 6) is 1.13. The minimum Gasteiger partial charge on any atom is -0.357 e. The molecule has 0 amide bonds. The van der Waals surface area contributed by atoms with Crippen LogP contribution in [0.25, 0.3) is 0 Å². The maximum Gasteiger partial charge on any atom is 0.215 e. The zero-order chi connectivity index (χ0) is 20.6. The number of hydrogen-bond acceptors (Lipinski definition) is 5. The number of aromatic nitrogens is 1. The van der Waals surface area contributed by atoms with Crippen molar-refractivity contribution in [2.45, 2.75) is 45.5 Å². The van der Waals surface area contributed by atoms with E-state index in [0.29, 0.717) is 19.0 Å². The van der Waals surface area contributed by atoms with Crippen molar-refractivity contribution >= 4 is 51.3 Å². The highest BCUT2D eigenvalue weighted by Crippen LogP contribution is 2.17. The SMILES string of the molecule is CCNC(=NCc1ccc(CS(=O)(=O)NC)cc1)NCc1nc(C(C)C)cs1.I. The fourth-order valence-corrected chi connectivity index (χ4v) is 4.05. The minimum absolute atomic E-state index is 0. The summed E-state index contributed by atoms with van der Waals surface area (Å²) >= 11 is 1.65. The lowest BCUT2D eigenvalue weighted by molar-refractivity contribution is 0.587. The second-order valence-corrected chi connectivity index (χ2v) is 9.52. The first-order valence-corrected chi connectivity index (χ1v) is 11.8. The van der Waals surface area contributed by atoms with Crippen LogP contribution in [0.4, 0.5) is 0 Å². The Labute approximate surface area is 194 Å². The van der Waals surface area contributed by atoms with E-state index in [-0.39, 0.29) is 29.7 Å². The number of benzene rings is 1. The second kappa shape index (κ2) is 12.5. The van der Waals surface area contributed by atoms with Crippen molar-refractivity contribution in [1.82, 2.24) is 20.3 Å². The molecular formula is C19H30IN5O2S2. The Balaban J connectivity index is 0.00000420. The standard InChI is InChI=1S/C19H29N5O2S2.HI/c1-5-21-19(23-11-18-24-17(12-27-18)14(2)3)22-10-15-6-8-16(9-7-15)13-28(25,26)20-4;/h6-9,12,14,20H,5,10-11,13H2,1-4H3,(H2,21,22,23);1H. The van der Waals surface area contributed by atoms with Gasteiger partial charge in [0.05, 0.1) is 24.5 Å². The Bertz CT molecular complexity index is 880. The van der Waals surface area contributed by atoms with Crippen molar-refractivity contribution in [3.05, 3.63) is 51.5 Å². The number of rotatable bonds is 9. The van der Waals surface area contributed by atoms with E-state index in [0.717, 1.165) is 34.3 Å². The van der Waals surface area contributed by atoms with E-state index < -0.39 is 10.0 Å². The normalized spacial score (nSPS) is 12.0. The molecule has 0 fully saturated rings. The lowest BCUT2D eigenvalue weighted by Crippen LogP contribution is -2.36. The first-order valence-electron chi connectivity index (χ1n) is 9.28. The van der Waals surface area contributed by atoms with Crippen LogP contribution in [0.15, 0.2) is 34.6 Å². The smallest absolute Gasteiger partial charge is 0.215 e. The van der Waals surface area contributed by atoms with Crippen LogP contribution in [-0.4, -0.2) is 33.0 Å². The molecular weight excluding hydrogens is 521 g/mol. The molecule has 0 aliphatic carbocycles. The molecule has 0 radical (unpaired) electrons. The summed E-state index contributed by atoms with van der Waals surface area (Å²) in [4.78, 5) is 9.23. The predicted molar refractivity (Wildman–Crippen MR) is 131 cm³/mol. The molecule has 0 saturated carbocycles. The van der Waals surface area contributed by atoms with Crippen molar-refractivity contribution in [2.24, 2.45) is 4.99 Å². The van der Waals surface area contributed by atoms with Gasteiger partial charge >= 0.3 is 0 Å². The van der Waals surface area contributed by atoms with Gasteiger partial charge in [0.2, 0.25) is 10.0 Å². The summed E-state index contributed by atoms with van der Waals surface area (Å²) in [6, 6.07) is 7.46. The van der Waals surface area contributed by atoms with Crippen molar-refractivity contribution in [1.29, 1.82) is 0 Å². The molecule has 0 spiro atoms. The van der Waals surface area contributed by atoms with Gasteiger partial charge in [-0.25, -0.2) is 23.1 Å². The summed E-state index contributed by atoms with van der Waals surface area (Å²) in [6.45, 7) is 8.19. The molecule has 29 heavy (non-hydrogen) atoms. The van der Waals surface area contributed by atoms with E-state index in [2.05, 4.69) is 44.6 Å². The van der Waals surface area contributed by atoms with Crippen molar-refractivity contribution in [2.75, 3.05) is 13.6 Å². The summed E-state index contributed by atoms with van der Waals surface area (Å²) in [6.07, 6.45) is 0. The van der Waals surface area contributed by atoms with E-state index in [1.165, 1.54) is 7.05 Å². The van der Waals surface area contributed by atoms with Gasteiger partial charge in [0, 0.05) is 11.9 Å². The molecule has 2 rings (SSSR count). The lowest BCUT2D eigenvalue weighted by Gasteiger charge is -2.10. The van der Waals surface area contributed by atoms with E-state index in [4.69, 9.17) is 0 Å². The molecule has 162 valence electrons. The highest BCUT2D eigenvalue weighted by molar-refractivity contribution is 14.0. The van der Waals surface area contributed by atoms with E-state index >= 15 is 0 Å². The topological polar surface area (TPSA) is 95.5 Å². The van der Waals surface area contributed by atoms with Crippen LogP contribution < -0.4 is 15.4 Å². The van der Waals surface area contributed by atoms with Gasteiger partial charge in [0.1, 0.15) is 5.01 Å². The maximum absolute atomic E-state index is 11.6. The average Bonchev–Trinajstić information content (AvgIpc) is 3.14. The van der Waals surface area contributed by atoms with Crippen LogP contribution in [0.3, 0.4) is 0 Å². The van der Waals surface area contributed by atoms with Gasteiger partial charge in [-0.15, -0.1) is 35.3 Å². The molecule has 0 aliphatic heterocycles. The number of halogens is 1. The van der Waals surface area contributed by atoms with Crippen molar-refractivity contribution < 1.29 is 8.42 Å². The van der Waals surface area contributed by atoms with Gasteiger partial charge < -0.3 is 10.6 Å². The molecule has 0 unspecified atom stereocenters. The number of hydrogen-bond donors (Lipinski definition) is 3. The average molecular weight is 552 g/mol. The van der Waals surface area contributed by atoms with Gasteiger partial charge in [-0.3, -0.25) is 0 Å². The van der Waals surface area contributed by atoms with E-state index in [1.54, 1.807) is 11.3 Å². The van der Waals surface area contributed by atoms with Crippen molar-refractivity contribution in [3.63, 3.8) is 0 Å². The Kier molecular flexibility index (Phi) is 11.1. The van der Waals surface area contributed by atoms with Gasteiger partial charge in [-0.1, -0.05) is 38.1 Å². The zero-order valence-electron chi connectivity index (χ0n) is 17.2. The van der Waals surface area contributed by atoms with Crippen LogP contribution in [0.1, 0.15) is 48.5 Å². The summed E-state index contributed by atoms with van der Waals surface area (Å²) < 4.78 is 25.6. The Morgan fingerprint density at radius 2 is 1.83 bits per heavy atom. The predicted octanol–water partition coefficient (Wildman–Crippen LogP) is 3.19. The zero-order valence-corrected chi connectivity index (χ0v) is 21.2. The fraction of sp³-hybridized carbons (Fsp3) is 0.474. The number of nitrogens with one attached hydrogen (secondary N) is 3. The molecule has 3 N–H and O–H groups in total. The number of sulfonamides is 1. The number of nitrogens with zero attached hydrogens (tertiary/aromatic N) is 2. The molecule has 1 aromatic heterocycles. The third kappa shape index (κ3) is 8.97. The van der Waals surface area contributed by atoms with Crippen LogP contribution in [-0.2, 0) is 28.9 Å². The number of guanidine groups is 1. The van der Waals surface area contributed by atoms with Crippen LogP contribution >= 0.6 is 35.3 Å². The Morgan fingerprint density at radius 1 is 1.17 bits per heavy atom. The van der Waals surface area contributed by atoms with Gasteiger partial charge in [0.25, 0.3) is 0 Å². The molecule has 0 atom stereocenters. The van der Waals surface area contributed by atoms with Gasteiger partial charge in [0.15, 0.2) is 5.96 Å². The number of thiazole rings is 1.